The van der Waals surface area contributed by atoms with Gasteiger partial charge in [0.2, 0.25) is 23.5 Å². The molecule has 6 N–H and O–H groups in total. The van der Waals surface area contributed by atoms with E-state index in [9.17, 15) is 28.8 Å². The van der Waals surface area contributed by atoms with Crippen LogP contribution in [0.25, 0.3) is 0 Å². The van der Waals surface area contributed by atoms with E-state index in [2.05, 4.69) is 35.1 Å². The van der Waals surface area contributed by atoms with E-state index < -0.39 is 58.6 Å². The zero-order chi connectivity index (χ0) is 38.2. The lowest BCUT2D eigenvalue weighted by atomic mass is 9.73. The van der Waals surface area contributed by atoms with Gasteiger partial charge >= 0.3 is 6.03 Å². The minimum Gasteiger partial charge on any atom is -0.363 e. The zero-order valence-corrected chi connectivity index (χ0v) is 32.7. The molecule has 2 saturated heterocycles. The number of carbonyl (C=O) groups excluding carboxylic acids is 6. The summed E-state index contributed by atoms with van der Waals surface area (Å²) in [5.74, 6) is -2.69. The summed E-state index contributed by atoms with van der Waals surface area (Å²) in [7, 11) is 0. The Morgan fingerprint density at radius 1 is 0.808 bits per heavy atom. The lowest BCUT2D eigenvalue weighted by molar-refractivity contribution is -0.143. The van der Waals surface area contributed by atoms with Gasteiger partial charge in [0.25, 0.3) is 5.91 Å². The molecule has 5 atom stereocenters. The van der Waals surface area contributed by atoms with E-state index in [-0.39, 0.29) is 39.5 Å². The fraction of sp³-hybridized carbons (Fsp3) is 0.846. The highest BCUT2D eigenvalue weighted by atomic mass is 16.2. The van der Waals surface area contributed by atoms with Crippen LogP contribution in [0.5, 0.6) is 0 Å². The van der Waals surface area contributed by atoms with Gasteiger partial charge < -0.3 is 36.8 Å². The lowest BCUT2D eigenvalue weighted by Gasteiger charge is -2.40. The van der Waals surface area contributed by atoms with E-state index in [1.54, 1.807) is 4.90 Å². The third-order valence-corrected chi connectivity index (χ3v) is 14.4. The predicted molar refractivity (Wildman–Crippen MR) is 195 cm³/mol. The molecule has 6 rings (SSSR count). The molecule has 6 fully saturated rings. The lowest BCUT2D eigenvalue weighted by Crippen LogP contribution is -2.64. The maximum absolute atomic E-state index is 14.9. The molecule has 1 unspecified atom stereocenters. The van der Waals surface area contributed by atoms with Crippen LogP contribution in [-0.2, 0) is 24.0 Å². The number of fused-ring (bicyclic) bond motifs is 1. The Morgan fingerprint density at radius 2 is 1.40 bits per heavy atom. The molecule has 290 valence electrons. The quantitative estimate of drug-likeness (QED) is 0.215. The summed E-state index contributed by atoms with van der Waals surface area (Å²) in [5.41, 5.74) is 3.67. The molecule has 2 aliphatic heterocycles. The molecule has 4 saturated carbocycles. The van der Waals surface area contributed by atoms with E-state index in [1.165, 1.54) is 0 Å². The molecule has 13 heteroatoms. The van der Waals surface area contributed by atoms with Crippen molar-refractivity contribution in [3.8, 4) is 0 Å². The summed E-state index contributed by atoms with van der Waals surface area (Å²) in [5, 5.41) is 12.3. The van der Waals surface area contributed by atoms with Gasteiger partial charge in [-0.1, -0.05) is 81.1 Å². The summed E-state index contributed by atoms with van der Waals surface area (Å²) in [6, 6.07) is -4.42. The number of amides is 6. The molecular weight excluding hydrogens is 662 g/mol. The second-order valence-electron chi connectivity index (χ2n) is 19.8. The van der Waals surface area contributed by atoms with Gasteiger partial charge in [-0.3, -0.25) is 24.0 Å². The molecule has 0 aromatic rings. The second-order valence-corrected chi connectivity index (χ2v) is 19.8. The number of ketones is 1. The normalized spacial score (nSPS) is 28.7. The molecule has 0 aromatic carbocycles. The van der Waals surface area contributed by atoms with E-state index in [0.717, 1.165) is 51.4 Å². The first-order valence-corrected chi connectivity index (χ1v) is 19.6. The SMILES string of the molecule is CC(C)(C)[C@H](NC(=O)N[C@H](C(=O)N1C[C@]2(C[C@H]1C(=O)NC(CC1CCC1)C(=O)C(N)=O)C(C)(C)C21CCC1)C(C)(C)C)C(=O)N1CCNC2(CC2)C1. The monoisotopic (exact) mass is 725 g/mol. The average Bonchev–Trinajstić information content (AvgIpc) is 3.75. The Balaban J connectivity index is 1.23. The van der Waals surface area contributed by atoms with Gasteiger partial charge in [0.05, 0.1) is 6.04 Å². The van der Waals surface area contributed by atoms with Gasteiger partial charge in [0, 0.05) is 37.1 Å². The summed E-state index contributed by atoms with van der Waals surface area (Å²) in [6.45, 7) is 18.0. The highest BCUT2D eigenvalue weighted by molar-refractivity contribution is 6.37. The van der Waals surface area contributed by atoms with Crippen LogP contribution in [0.2, 0.25) is 0 Å². The minimum atomic E-state index is -1.09. The number of nitrogens with two attached hydrogens (primary N) is 1. The van der Waals surface area contributed by atoms with Gasteiger partial charge in [-0.05, 0) is 66.1 Å². The van der Waals surface area contributed by atoms with Crippen molar-refractivity contribution >= 4 is 35.4 Å². The summed E-state index contributed by atoms with van der Waals surface area (Å²) in [6.07, 6.45) is 8.86. The third kappa shape index (κ3) is 6.50. The van der Waals surface area contributed by atoms with Crippen molar-refractivity contribution in [1.29, 1.82) is 0 Å². The van der Waals surface area contributed by atoms with Crippen LogP contribution >= 0.6 is 0 Å². The number of hydrogen-bond acceptors (Lipinski definition) is 7. The molecule has 3 spiro atoms. The number of piperazine rings is 1. The molecule has 0 aromatic heterocycles. The van der Waals surface area contributed by atoms with E-state index in [0.29, 0.717) is 39.0 Å². The minimum absolute atomic E-state index is 0.0171. The van der Waals surface area contributed by atoms with Crippen LogP contribution in [0.15, 0.2) is 0 Å². The number of likely N-dealkylation sites (tertiary alicyclic amines) is 1. The molecule has 0 bridgehead atoms. The Hall–Kier alpha value is -3.22. The van der Waals surface area contributed by atoms with Crippen LogP contribution in [0.1, 0.15) is 120 Å². The van der Waals surface area contributed by atoms with Crippen LogP contribution < -0.4 is 27.0 Å². The highest BCUT2D eigenvalue weighted by Gasteiger charge is 2.85. The number of primary amides is 1. The maximum Gasteiger partial charge on any atom is 0.316 e. The van der Waals surface area contributed by atoms with Gasteiger partial charge in [0.15, 0.2) is 0 Å². The van der Waals surface area contributed by atoms with Crippen LogP contribution in [-0.4, -0.2) is 101 Å². The van der Waals surface area contributed by atoms with Crippen molar-refractivity contribution in [2.45, 2.75) is 149 Å². The third-order valence-electron chi connectivity index (χ3n) is 14.4. The van der Waals surface area contributed by atoms with Gasteiger partial charge in [-0.2, -0.15) is 0 Å². The van der Waals surface area contributed by atoms with Crippen LogP contribution in [0.3, 0.4) is 0 Å². The molecule has 4 aliphatic carbocycles. The maximum atomic E-state index is 14.9. The largest absolute Gasteiger partial charge is 0.363 e. The number of Topliss-reactive ketones (excluding diaryl/α,β-unsaturated/α-hetero) is 1. The molecule has 52 heavy (non-hydrogen) atoms. The topological polar surface area (TPSA) is 183 Å². The number of carbonyl (C=O) groups is 6. The predicted octanol–water partition coefficient (Wildman–Crippen LogP) is 2.61. The zero-order valence-electron chi connectivity index (χ0n) is 32.7. The van der Waals surface area contributed by atoms with E-state index >= 15 is 0 Å². The standard InChI is InChI=1S/C39H63N7O6/c1-34(2,3)27(31(50)45-18-17-41-37(21-45)15-16-37)43-33(52)44-28(35(4,5)6)32(51)46-22-39(36(7,8)38(39)13-10-14-38)20-25(46)30(49)42-24(26(47)29(40)48)19-23-11-9-12-23/h23-25,27-28,41H,9-22H2,1-8H3,(H2,40,48)(H,42,49)(H2,43,44,52)/t24?,25-,27+,28+,39+/m0/s1. The van der Waals surface area contributed by atoms with Crippen molar-refractivity contribution < 1.29 is 28.8 Å². The van der Waals surface area contributed by atoms with Gasteiger partial charge in [0.1, 0.15) is 18.1 Å². The molecule has 2 heterocycles. The summed E-state index contributed by atoms with van der Waals surface area (Å²) >= 11 is 0. The molecule has 6 aliphatic rings. The van der Waals surface area contributed by atoms with Gasteiger partial charge in [-0.15, -0.1) is 0 Å². The van der Waals surface area contributed by atoms with E-state index in [4.69, 9.17) is 5.73 Å². The van der Waals surface area contributed by atoms with E-state index in [1.807, 2.05) is 46.4 Å². The smallest absolute Gasteiger partial charge is 0.316 e. The molecular formula is C39H63N7O6. The second kappa shape index (κ2) is 13.0. The molecule has 6 amide bonds. The number of hydrogen-bond donors (Lipinski definition) is 5. The van der Waals surface area contributed by atoms with Crippen molar-refractivity contribution in [2.24, 2.45) is 38.7 Å². The van der Waals surface area contributed by atoms with Crippen LogP contribution in [0.4, 0.5) is 4.79 Å². The van der Waals surface area contributed by atoms with Crippen LogP contribution in [0, 0.1) is 33.0 Å². The number of rotatable bonds is 10. The number of urea groups is 1. The summed E-state index contributed by atoms with van der Waals surface area (Å²) < 4.78 is 0. The van der Waals surface area contributed by atoms with Crippen molar-refractivity contribution in [3.63, 3.8) is 0 Å². The first-order chi connectivity index (χ1) is 24.1. The number of nitrogens with one attached hydrogen (secondary N) is 4. The van der Waals surface area contributed by atoms with Crippen molar-refractivity contribution in [1.82, 2.24) is 31.1 Å². The first kappa shape index (κ1) is 38.5. The average molecular weight is 726 g/mol. The highest BCUT2D eigenvalue weighted by Crippen LogP contribution is 2.88. The van der Waals surface area contributed by atoms with Gasteiger partial charge in [-0.25, -0.2) is 4.79 Å². The summed E-state index contributed by atoms with van der Waals surface area (Å²) in [4.78, 5) is 85.4. The Morgan fingerprint density at radius 3 is 1.87 bits per heavy atom. The Bertz CT molecular complexity index is 1500. The van der Waals surface area contributed by atoms with Crippen molar-refractivity contribution in [2.75, 3.05) is 26.2 Å². The Kier molecular flexibility index (Phi) is 9.60. The fourth-order valence-electron chi connectivity index (χ4n) is 10.4. The Labute approximate surface area is 309 Å². The molecule has 13 nitrogen and oxygen atoms in total. The molecule has 0 radical (unpaired) electrons. The van der Waals surface area contributed by atoms with Crippen molar-refractivity contribution in [3.05, 3.63) is 0 Å². The number of nitrogens with zero attached hydrogens (tertiary/aromatic N) is 2. The first-order valence-electron chi connectivity index (χ1n) is 19.6. The fourth-order valence-corrected chi connectivity index (χ4v) is 10.4.